The van der Waals surface area contributed by atoms with Gasteiger partial charge < -0.3 is 9.84 Å². The van der Waals surface area contributed by atoms with Crippen LogP contribution in [0.25, 0.3) is 6.08 Å². The summed E-state index contributed by atoms with van der Waals surface area (Å²) in [5.74, 6) is -0.907. The van der Waals surface area contributed by atoms with Gasteiger partial charge in [-0.25, -0.2) is 4.79 Å². The molecule has 1 N–H and O–H groups in total. The number of piperidine rings is 1. The summed E-state index contributed by atoms with van der Waals surface area (Å²) in [5.41, 5.74) is 0.969. The van der Waals surface area contributed by atoms with E-state index in [-0.39, 0.29) is 0 Å². The molecule has 0 spiro atoms. The third kappa shape index (κ3) is 4.74. The van der Waals surface area contributed by atoms with Crippen LogP contribution in [0.2, 0.25) is 0 Å². The van der Waals surface area contributed by atoms with Gasteiger partial charge in [-0.15, -0.1) is 11.3 Å². The van der Waals surface area contributed by atoms with Crippen LogP contribution in [-0.4, -0.2) is 41.8 Å². The molecule has 2 heterocycles. The first-order valence-electron chi connectivity index (χ1n) is 6.99. The molecule has 0 aliphatic carbocycles. The maximum atomic E-state index is 10.5. The fourth-order valence-corrected chi connectivity index (χ4v) is 3.32. The van der Waals surface area contributed by atoms with Crippen molar-refractivity contribution in [1.82, 2.24) is 4.90 Å². The number of nitrogens with zero attached hydrogens (tertiary/aromatic N) is 1. The summed E-state index contributed by atoms with van der Waals surface area (Å²) in [5, 5.41) is 10.6. The highest BCUT2D eigenvalue weighted by Gasteiger charge is 2.19. The maximum Gasteiger partial charge on any atom is 0.328 e. The minimum atomic E-state index is -0.907. The zero-order chi connectivity index (χ0) is 14.4. The van der Waals surface area contributed by atoms with Crippen molar-refractivity contribution in [2.45, 2.75) is 32.4 Å². The summed E-state index contributed by atoms with van der Waals surface area (Å²) < 4.78 is 5.65. The van der Waals surface area contributed by atoms with Crippen LogP contribution in [0.5, 0.6) is 0 Å². The Morgan fingerprint density at radius 3 is 2.95 bits per heavy atom. The number of carbonyl (C=O) groups is 1. The molecule has 4 nitrogen and oxygen atoms in total. The van der Waals surface area contributed by atoms with Crippen molar-refractivity contribution in [1.29, 1.82) is 0 Å². The number of hydrogen-bond acceptors (Lipinski definition) is 4. The third-order valence-electron chi connectivity index (χ3n) is 3.41. The second kappa shape index (κ2) is 7.57. The summed E-state index contributed by atoms with van der Waals surface area (Å²) in [6.45, 7) is 5.94. The molecule has 0 radical (unpaired) electrons. The molecule has 0 bridgehead atoms. The number of thiophene rings is 1. The Labute approximate surface area is 123 Å². The number of aliphatic carboxylic acids is 1. The fourth-order valence-electron chi connectivity index (χ4n) is 2.43. The lowest BCUT2D eigenvalue weighted by Gasteiger charge is -2.31. The van der Waals surface area contributed by atoms with Crippen molar-refractivity contribution < 1.29 is 14.6 Å². The molecule has 5 heteroatoms. The predicted octanol–water partition coefficient (Wildman–Crippen LogP) is 2.85. The van der Waals surface area contributed by atoms with Gasteiger partial charge in [0.15, 0.2) is 0 Å². The van der Waals surface area contributed by atoms with E-state index < -0.39 is 5.97 Å². The molecule has 1 aromatic heterocycles. The van der Waals surface area contributed by atoms with E-state index in [1.807, 2.05) is 12.3 Å². The van der Waals surface area contributed by atoms with Crippen molar-refractivity contribution in [3.05, 3.63) is 28.0 Å². The molecule has 0 aromatic carbocycles. The minimum Gasteiger partial charge on any atom is -0.478 e. The van der Waals surface area contributed by atoms with E-state index in [9.17, 15) is 4.79 Å². The molecule has 0 amide bonds. The molecular weight excluding hydrogens is 274 g/mol. The molecule has 20 heavy (non-hydrogen) atoms. The van der Waals surface area contributed by atoms with Gasteiger partial charge in [-0.1, -0.05) is 0 Å². The van der Waals surface area contributed by atoms with Crippen LogP contribution in [0.4, 0.5) is 0 Å². The lowest BCUT2D eigenvalue weighted by Crippen LogP contribution is -2.36. The second-order valence-electron chi connectivity index (χ2n) is 4.95. The van der Waals surface area contributed by atoms with E-state index in [0.717, 1.165) is 44.6 Å². The molecular formula is C15H21NO3S. The molecule has 1 aromatic rings. The van der Waals surface area contributed by atoms with Crippen LogP contribution in [-0.2, 0) is 16.1 Å². The average Bonchev–Trinajstić information content (AvgIpc) is 2.87. The summed E-state index contributed by atoms with van der Waals surface area (Å²) in [4.78, 5) is 14.2. The van der Waals surface area contributed by atoms with E-state index in [2.05, 4.69) is 11.0 Å². The number of rotatable bonds is 6. The minimum absolute atomic E-state index is 0.425. The van der Waals surface area contributed by atoms with Crippen molar-refractivity contribution in [2.24, 2.45) is 0 Å². The average molecular weight is 295 g/mol. The first kappa shape index (κ1) is 15.2. The molecule has 1 saturated heterocycles. The molecule has 110 valence electrons. The van der Waals surface area contributed by atoms with Gasteiger partial charge in [0.05, 0.1) is 6.10 Å². The van der Waals surface area contributed by atoms with Crippen LogP contribution in [0.3, 0.4) is 0 Å². The Morgan fingerprint density at radius 2 is 2.30 bits per heavy atom. The van der Waals surface area contributed by atoms with Gasteiger partial charge in [0.1, 0.15) is 0 Å². The fraction of sp³-hybridized carbons (Fsp3) is 0.533. The quantitative estimate of drug-likeness (QED) is 0.820. The number of carboxylic acid groups (broad SMARTS) is 1. The number of hydrogen-bond donors (Lipinski definition) is 1. The SMILES string of the molecule is CCOC1CCN(Cc2cc(C=CC(=O)O)cs2)CC1. The summed E-state index contributed by atoms with van der Waals surface area (Å²) in [6.07, 6.45) is 5.45. The summed E-state index contributed by atoms with van der Waals surface area (Å²) in [7, 11) is 0. The zero-order valence-electron chi connectivity index (χ0n) is 11.7. The van der Waals surface area contributed by atoms with Crippen LogP contribution >= 0.6 is 11.3 Å². The van der Waals surface area contributed by atoms with Gasteiger partial charge in [-0.2, -0.15) is 0 Å². The van der Waals surface area contributed by atoms with Gasteiger partial charge in [-0.3, -0.25) is 4.90 Å². The summed E-state index contributed by atoms with van der Waals surface area (Å²) >= 11 is 1.69. The van der Waals surface area contributed by atoms with Gasteiger partial charge in [0.2, 0.25) is 0 Å². The maximum absolute atomic E-state index is 10.5. The van der Waals surface area contributed by atoms with E-state index >= 15 is 0 Å². The monoisotopic (exact) mass is 295 g/mol. The Balaban J connectivity index is 1.81. The highest BCUT2D eigenvalue weighted by Crippen LogP contribution is 2.21. The van der Waals surface area contributed by atoms with Crippen molar-refractivity contribution in [3.63, 3.8) is 0 Å². The van der Waals surface area contributed by atoms with E-state index in [1.165, 1.54) is 11.0 Å². The number of likely N-dealkylation sites (tertiary alicyclic amines) is 1. The Bertz CT molecular complexity index is 461. The predicted molar refractivity (Wildman–Crippen MR) is 80.9 cm³/mol. The molecule has 0 unspecified atom stereocenters. The Kier molecular flexibility index (Phi) is 5.76. The van der Waals surface area contributed by atoms with Gasteiger partial charge in [0, 0.05) is 37.2 Å². The highest BCUT2D eigenvalue weighted by molar-refractivity contribution is 7.10. The number of carboxylic acids is 1. The van der Waals surface area contributed by atoms with Crippen molar-refractivity contribution in [2.75, 3.05) is 19.7 Å². The van der Waals surface area contributed by atoms with Crippen LogP contribution in [0, 0.1) is 0 Å². The van der Waals surface area contributed by atoms with Crippen LogP contribution in [0.15, 0.2) is 17.5 Å². The topological polar surface area (TPSA) is 49.8 Å². The molecule has 1 aliphatic heterocycles. The second-order valence-corrected chi connectivity index (χ2v) is 5.94. The normalized spacial score (nSPS) is 17.9. The largest absolute Gasteiger partial charge is 0.478 e. The summed E-state index contributed by atoms with van der Waals surface area (Å²) in [6, 6.07) is 2.07. The third-order valence-corrected chi connectivity index (χ3v) is 4.35. The van der Waals surface area contributed by atoms with Crippen molar-refractivity contribution >= 4 is 23.4 Å². The van der Waals surface area contributed by atoms with Gasteiger partial charge >= 0.3 is 5.97 Å². The standard InChI is InChI=1S/C15H21NO3S/c1-2-19-13-5-7-16(8-6-13)10-14-9-12(11-20-14)3-4-15(17)18/h3-4,9,11,13H,2,5-8,10H2,1H3,(H,17,18). The van der Waals surface area contributed by atoms with E-state index in [1.54, 1.807) is 17.4 Å². The van der Waals surface area contributed by atoms with Gasteiger partial charge in [0.25, 0.3) is 0 Å². The lowest BCUT2D eigenvalue weighted by molar-refractivity contribution is -0.131. The van der Waals surface area contributed by atoms with E-state index in [4.69, 9.17) is 9.84 Å². The smallest absolute Gasteiger partial charge is 0.328 e. The highest BCUT2D eigenvalue weighted by atomic mass is 32.1. The number of ether oxygens (including phenoxy) is 1. The molecule has 1 aliphatic rings. The first-order valence-corrected chi connectivity index (χ1v) is 7.87. The Morgan fingerprint density at radius 1 is 1.55 bits per heavy atom. The van der Waals surface area contributed by atoms with Crippen molar-refractivity contribution in [3.8, 4) is 0 Å². The molecule has 2 rings (SSSR count). The lowest BCUT2D eigenvalue weighted by atomic mass is 10.1. The zero-order valence-corrected chi connectivity index (χ0v) is 12.6. The van der Waals surface area contributed by atoms with Gasteiger partial charge in [-0.05, 0) is 42.9 Å². The molecule has 1 fully saturated rings. The molecule has 0 atom stereocenters. The Hall–Kier alpha value is -1.17. The van der Waals surface area contributed by atoms with E-state index in [0.29, 0.717) is 6.10 Å². The van der Waals surface area contributed by atoms with Crippen LogP contribution < -0.4 is 0 Å². The first-order chi connectivity index (χ1) is 9.67. The molecule has 0 saturated carbocycles. The van der Waals surface area contributed by atoms with Crippen LogP contribution in [0.1, 0.15) is 30.2 Å².